The van der Waals surface area contributed by atoms with Crippen molar-refractivity contribution in [1.82, 2.24) is 0 Å². The molecule has 12 rings (SSSR count). The highest BCUT2D eigenvalue weighted by atomic mass is 15.1. The van der Waals surface area contributed by atoms with Crippen molar-refractivity contribution in [2.24, 2.45) is 0 Å². The van der Waals surface area contributed by atoms with Crippen molar-refractivity contribution in [2.75, 3.05) is 4.90 Å². The second-order valence-corrected chi connectivity index (χ2v) is 22.6. The van der Waals surface area contributed by atoms with Crippen molar-refractivity contribution < 1.29 is 0 Å². The van der Waals surface area contributed by atoms with Gasteiger partial charge in [-0.05, 0) is 146 Å². The zero-order valence-electron chi connectivity index (χ0n) is 40.9. The van der Waals surface area contributed by atoms with Crippen LogP contribution in [-0.2, 0) is 21.7 Å². The van der Waals surface area contributed by atoms with E-state index in [0.717, 1.165) is 17.1 Å². The van der Waals surface area contributed by atoms with Crippen LogP contribution >= 0.6 is 0 Å². The molecule has 0 saturated carbocycles. The lowest BCUT2D eigenvalue weighted by molar-refractivity contribution is 0.584. The number of hydrogen-bond acceptors (Lipinski definition) is 1. The van der Waals surface area contributed by atoms with Gasteiger partial charge < -0.3 is 4.90 Å². The molecule has 2 aliphatic carbocycles. The third-order valence-electron chi connectivity index (χ3n) is 15.3. The summed E-state index contributed by atoms with van der Waals surface area (Å²) in [4.78, 5) is 2.54. The van der Waals surface area contributed by atoms with Gasteiger partial charge in [0, 0.05) is 16.9 Å². The fourth-order valence-electron chi connectivity index (χ4n) is 11.7. The molecule has 0 amide bonds. The first kappa shape index (κ1) is 42.2. The van der Waals surface area contributed by atoms with Crippen LogP contribution in [0.1, 0.15) is 101 Å². The molecule has 68 heavy (non-hydrogen) atoms. The molecule has 1 spiro atoms. The lowest BCUT2D eigenvalue weighted by Crippen LogP contribution is -2.28. The van der Waals surface area contributed by atoms with Gasteiger partial charge in [0.2, 0.25) is 0 Å². The van der Waals surface area contributed by atoms with E-state index in [0.29, 0.717) is 0 Å². The number of fused-ring (bicyclic) bond motifs is 16. The Morgan fingerprint density at radius 1 is 0.294 bits per heavy atom. The molecule has 0 saturated heterocycles. The molecule has 0 aliphatic heterocycles. The molecule has 1 nitrogen and oxygen atoms in total. The average molecular weight is 878 g/mol. The van der Waals surface area contributed by atoms with E-state index in [1.165, 1.54) is 105 Å². The second kappa shape index (κ2) is 14.9. The number of rotatable bonds is 4. The number of benzene rings is 10. The number of anilines is 3. The second-order valence-electron chi connectivity index (χ2n) is 22.6. The van der Waals surface area contributed by atoms with Crippen molar-refractivity contribution in [3.05, 3.63) is 233 Å². The normalized spacial score (nSPS) is 13.8. The predicted molar refractivity (Wildman–Crippen MR) is 291 cm³/mol. The van der Waals surface area contributed by atoms with Crippen molar-refractivity contribution in [3.8, 4) is 33.4 Å². The van der Waals surface area contributed by atoms with Crippen LogP contribution in [0.4, 0.5) is 17.1 Å². The van der Waals surface area contributed by atoms with E-state index in [1.807, 2.05) is 0 Å². The van der Waals surface area contributed by atoms with Crippen LogP contribution in [0.15, 0.2) is 194 Å². The lowest BCUT2D eigenvalue weighted by atomic mass is 9.68. The number of nitrogens with zero attached hydrogens (tertiary/aromatic N) is 1. The number of para-hydroxylation sites is 1. The summed E-state index contributed by atoms with van der Waals surface area (Å²) in [5.74, 6) is 0. The minimum absolute atomic E-state index is 0.0372. The summed E-state index contributed by atoms with van der Waals surface area (Å²) in [6.45, 7) is 21.2. The zero-order chi connectivity index (χ0) is 46.9. The van der Waals surface area contributed by atoms with Gasteiger partial charge in [0.05, 0.1) is 11.1 Å². The SMILES string of the molecule is CC(C)(C)c1ccc2c(c1)C1(c3cc(N(c4ccc5c6ccccc6c6ccccc6c5c4)c4ccccc4-c4ccccc4)ccc3-2)c2cc(C(C)(C)C)ccc2-c2ccc(C(C)(C)C)cc21. The van der Waals surface area contributed by atoms with Gasteiger partial charge in [-0.1, -0.05) is 226 Å². The largest absolute Gasteiger partial charge is 0.310 e. The first-order valence-electron chi connectivity index (χ1n) is 24.5. The van der Waals surface area contributed by atoms with E-state index in [9.17, 15) is 0 Å². The van der Waals surface area contributed by atoms with E-state index >= 15 is 0 Å². The Kier molecular flexibility index (Phi) is 9.23. The summed E-state index contributed by atoms with van der Waals surface area (Å²) >= 11 is 0. The van der Waals surface area contributed by atoms with Gasteiger partial charge in [0.25, 0.3) is 0 Å². The summed E-state index contributed by atoms with van der Waals surface area (Å²) < 4.78 is 0. The van der Waals surface area contributed by atoms with Crippen LogP contribution in [0.2, 0.25) is 0 Å². The molecular weight excluding hydrogens is 819 g/mol. The van der Waals surface area contributed by atoms with E-state index in [-0.39, 0.29) is 16.2 Å². The first-order chi connectivity index (χ1) is 32.6. The highest BCUT2D eigenvalue weighted by molar-refractivity contribution is 6.26. The maximum absolute atomic E-state index is 2.57. The van der Waals surface area contributed by atoms with Gasteiger partial charge in [-0.15, -0.1) is 0 Å². The fraction of sp³-hybridized carbons (Fsp3) is 0.194. The monoisotopic (exact) mass is 877 g/mol. The minimum atomic E-state index is -0.557. The fourth-order valence-corrected chi connectivity index (χ4v) is 11.7. The van der Waals surface area contributed by atoms with Crippen LogP contribution in [0.25, 0.3) is 65.7 Å². The summed E-state index contributed by atoms with van der Waals surface area (Å²) in [6.07, 6.45) is 0. The Morgan fingerprint density at radius 2 is 0.662 bits per heavy atom. The summed E-state index contributed by atoms with van der Waals surface area (Å²) in [6, 6.07) is 74.4. The van der Waals surface area contributed by atoms with E-state index in [4.69, 9.17) is 0 Å². The first-order valence-corrected chi connectivity index (χ1v) is 24.5. The molecule has 0 heterocycles. The van der Waals surface area contributed by atoms with E-state index in [1.54, 1.807) is 0 Å². The van der Waals surface area contributed by atoms with Gasteiger partial charge >= 0.3 is 0 Å². The lowest BCUT2D eigenvalue weighted by Gasteiger charge is -2.35. The standard InChI is InChI=1S/C67H59N/c1-64(2,3)43-27-32-54-55-33-28-44(65(4,5)6)38-60(55)67(59(54)37-43)61-39-45(66(7,8)9)29-34-56(61)57-36-31-47(41-62(57)67)68(63-26-18-17-21-48(63)42-19-11-10-12-20-42)46-30-35-53-51-24-14-13-22-49(51)50-23-15-16-25-52(50)58(53)40-46/h10-41H,1-9H3. The van der Waals surface area contributed by atoms with E-state index in [2.05, 4.69) is 261 Å². The molecule has 10 aromatic carbocycles. The molecule has 0 unspecified atom stereocenters. The molecular formula is C67H59N. The summed E-state index contributed by atoms with van der Waals surface area (Å²) in [5.41, 5.74) is 19.9. The molecule has 0 radical (unpaired) electrons. The van der Waals surface area contributed by atoms with Crippen molar-refractivity contribution in [1.29, 1.82) is 0 Å². The highest BCUT2D eigenvalue weighted by Gasteiger charge is 2.53. The third kappa shape index (κ3) is 6.28. The van der Waals surface area contributed by atoms with Gasteiger partial charge in [-0.25, -0.2) is 0 Å². The van der Waals surface area contributed by atoms with Gasteiger partial charge in [0.1, 0.15) is 0 Å². The van der Waals surface area contributed by atoms with Crippen LogP contribution in [0.3, 0.4) is 0 Å². The predicted octanol–water partition coefficient (Wildman–Crippen LogP) is 18.5. The Morgan fingerprint density at radius 3 is 1.15 bits per heavy atom. The molecule has 0 bridgehead atoms. The molecule has 0 aromatic heterocycles. The molecule has 0 N–H and O–H groups in total. The Labute approximate surface area is 402 Å². The van der Waals surface area contributed by atoms with Crippen LogP contribution in [0.5, 0.6) is 0 Å². The molecule has 1 heteroatoms. The minimum Gasteiger partial charge on any atom is -0.310 e. The van der Waals surface area contributed by atoms with Crippen LogP contribution in [0, 0.1) is 0 Å². The highest BCUT2D eigenvalue weighted by Crippen LogP contribution is 2.64. The molecule has 10 aromatic rings. The smallest absolute Gasteiger partial charge is 0.0726 e. The maximum Gasteiger partial charge on any atom is 0.0726 e. The molecule has 0 atom stereocenters. The Balaban J connectivity index is 1.20. The van der Waals surface area contributed by atoms with Crippen LogP contribution in [-0.4, -0.2) is 0 Å². The van der Waals surface area contributed by atoms with Gasteiger partial charge in [0.15, 0.2) is 0 Å². The molecule has 332 valence electrons. The van der Waals surface area contributed by atoms with Gasteiger partial charge in [-0.2, -0.15) is 0 Å². The number of hydrogen-bond donors (Lipinski definition) is 0. The maximum atomic E-state index is 2.57. The van der Waals surface area contributed by atoms with E-state index < -0.39 is 5.41 Å². The third-order valence-corrected chi connectivity index (χ3v) is 15.3. The molecule has 2 aliphatic rings. The quantitative estimate of drug-likeness (QED) is 0.159. The summed E-state index contributed by atoms with van der Waals surface area (Å²) in [7, 11) is 0. The average Bonchev–Trinajstić information content (AvgIpc) is 3.80. The van der Waals surface area contributed by atoms with Crippen molar-refractivity contribution in [2.45, 2.75) is 84.0 Å². The van der Waals surface area contributed by atoms with Crippen LogP contribution < -0.4 is 4.90 Å². The van der Waals surface area contributed by atoms with Crippen molar-refractivity contribution >= 4 is 49.4 Å². The molecule has 0 fully saturated rings. The zero-order valence-corrected chi connectivity index (χ0v) is 40.9. The van der Waals surface area contributed by atoms with Gasteiger partial charge in [-0.3, -0.25) is 0 Å². The summed E-state index contributed by atoms with van der Waals surface area (Å²) in [5, 5.41) is 7.62. The Hall–Kier alpha value is -7.22. The Bertz CT molecular complexity index is 3540. The topological polar surface area (TPSA) is 3.24 Å². The van der Waals surface area contributed by atoms with Crippen molar-refractivity contribution in [3.63, 3.8) is 0 Å².